The van der Waals surface area contributed by atoms with Crippen LogP contribution in [0.4, 0.5) is 5.69 Å². The summed E-state index contributed by atoms with van der Waals surface area (Å²) in [6.07, 6.45) is 2.42. The lowest BCUT2D eigenvalue weighted by Gasteiger charge is -2.44. The van der Waals surface area contributed by atoms with Gasteiger partial charge in [-0.1, -0.05) is 23.4 Å². The molecule has 3 aliphatic rings. The highest BCUT2D eigenvalue weighted by molar-refractivity contribution is 6.00. The van der Waals surface area contributed by atoms with Gasteiger partial charge in [-0.3, -0.25) is 0 Å². The zero-order chi connectivity index (χ0) is 16.9. The van der Waals surface area contributed by atoms with Crippen LogP contribution in [-0.4, -0.2) is 37.2 Å². The molecule has 0 amide bonds. The Morgan fingerprint density at radius 3 is 2.42 bits per heavy atom. The number of benzene rings is 1. The van der Waals surface area contributed by atoms with Crippen LogP contribution in [0.1, 0.15) is 19.3 Å². The number of methoxy groups -OCH3 is 2. The minimum Gasteiger partial charge on any atom is -0.467 e. The van der Waals surface area contributed by atoms with Gasteiger partial charge in [0.25, 0.3) is 0 Å². The molecule has 1 aliphatic heterocycles. The largest absolute Gasteiger partial charge is 0.467 e. The molecule has 0 aromatic heterocycles. The molecule has 0 spiro atoms. The highest BCUT2D eigenvalue weighted by Gasteiger charge is 2.82. The van der Waals surface area contributed by atoms with Gasteiger partial charge in [0.2, 0.25) is 11.1 Å². The number of carbonyl (C=O) groups is 2. The van der Waals surface area contributed by atoms with Gasteiger partial charge in [0.1, 0.15) is 0 Å². The van der Waals surface area contributed by atoms with E-state index in [4.69, 9.17) is 9.47 Å². The Kier molecular flexibility index (Phi) is 3.16. The van der Waals surface area contributed by atoms with Gasteiger partial charge in [-0.15, -0.1) is 5.11 Å². The number of hydrogen-bond donors (Lipinski definition) is 0. The molecule has 1 aromatic carbocycles. The van der Waals surface area contributed by atoms with Crippen molar-refractivity contribution in [1.29, 1.82) is 0 Å². The van der Waals surface area contributed by atoms with Gasteiger partial charge in [0.15, 0.2) is 0 Å². The lowest BCUT2D eigenvalue weighted by molar-refractivity contribution is -0.163. The Labute approximate surface area is 139 Å². The number of carbonyl (C=O) groups excluding carboxylic acids is 2. The molecule has 0 saturated heterocycles. The SMILES string of the molecule is COC(=O)[C@]12N=NN(c3ccccc3)[C@@]1(C(=O)OC)[C@H]1CC[C@H]2C1. The third-order valence-electron chi connectivity index (χ3n) is 5.82. The molecule has 2 fully saturated rings. The van der Waals surface area contributed by atoms with Crippen molar-refractivity contribution in [2.45, 2.75) is 30.3 Å². The van der Waals surface area contributed by atoms with Crippen molar-refractivity contribution in [2.75, 3.05) is 19.2 Å². The quantitative estimate of drug-likeness (QED) is 0.794. The first-order chi connectivity index (χ1) is 11.6. The lowest BCUT2D eigenvalue weighted by Crippen LogP contribution is -2.70. The summed E-state index contributed by atoms with van der Waals surface area (Å²) < 4.78 is 10.2. The molecule has 4 atom stereocenters. The number of nitrogens with zero attached hydrogens (tertiary/aromatic N) is 3. The fourth-order valence-electron chi connectivity index (χ4n) is 4.95. The third kappa shape index (κ3) is 1.48. The molecule has 1 heterocycles. The van der Waals surface area contributed by atoms with E-state index in [1.165, 1.54) is 14.2 Å². The maximum absolute atomic E-state index is 13.0. The zero-order valence-electron chi connectivity index (χ0n) is 13.6. The van der Waals surface area contributed by atoms with E-state index < -0.39 is 23.0 Å². The summed E-state index contributed by atoms with van der Waals surface area (Å²) in [5.74, 6) is -1.10. The summed E-state index contributed by atoms with van der Waals surface area (Å²) >= 11 is 0. The minimum atomic E-state index is -1.33. The Balaban J connectivity index is 1.95. The van der Waals surface area contributed by atoms with Crippen LogP contribution < -0.4 is 5.01 Å². The number of esters is 2. The van der Waals surface area contributed by atoms with Crippen LogP contribution in [0.3, 0.4) is 0 Å². The molecule has 7 nitrogen and oxygen atoms in total. The van der Waals surface area contributed by atoms with E-state index in [0.29, 0.717) is 5.69 Å². The molecular weight excluding hydrogens is 310 g/mol. The molecular formula is C17H19N3O4. The molecule has 2 saturated carbocycles. The number of rotatable bonds is 3. The second kappa shape index (κ2) is 5.03. The van der Waals surface area contributed by atoms with E-state index in [-0.39, 0.29) is 11.8 Å². The maximum atomic E-state index is 13.0. The Morgan fingerprint density at radius 2 is 1.75 bits per heavy atom. The third-order valence-corrected chi connectivity index (χ3v) is 5.82. The number of fused-ring (bicyclic) bond motifs is 5. The fraction of sp³-hybridized carbons (Fsp3) is 0.529. The molecule has 1 aromatic rings. The molecule has 0 radical (unpaired) electrons. The van der Waals surface area contributed by atoms with Crippen molar-refractivity contribution in [1.82, 2.24) is 0 Å². The van der Waals surface area contributed by atoms with Crippen molar-refractivity contribution in [2.24, 2.45) is 22.2 Å². The first-order valence-electron chi connectivity index (χ1n) is 8.07. The highest BCUT2D eigenvalue weighted by atomic mass is 16.5. The van der Waals surface area contributed by atoms with Crippen LogP contribution >= 0.6 is 0 Å². The van der Waals surface area contributed by atoms with Gasteiger partial charge in [-0.05, 0) is 37.3 Å². The van der Waals surface area contributed by atoms with E-state index in [1.54, 1.807) is 5.01 Å². The number of anilines is 1. The normalized spacial score (nSPS) is 35.8. The van der Waals surface area contributed by atoms with Gasteiger partial charge in [0, 0.05) is 5.92 Å². The smallest absolute Gasteiger partial charge is 0.339 e. The van der Waals surface area contributed by atoms with E-state index in [9.17, 15) is 9.59 Å². The molecule has 2 bridgehead atoms. The summed E-state index contributed by atoms with van der Waals surface area (Å²) in [6.45, 7) is 0. The lowest BCUT2D eigenvalue weighted by atomic mass is 9.66. The average molecular weight is 329 g/mol. The summed E-state index contributed by atoms with van der Waals surface area (Å²) in [6, 6.07) is 9.31. The van der Waals surface area contributed by atoms with Crippen LogP contribution in [0, 0.1) is 11.8 Å². The Morgan fingerprint density at radius 1 is 1.08 bits per heavy atom. The summed E-state index contributed by atoms with van der Waals surface area (Å²) in [5.41, 5.74) is -1.88. The number of ether oxygens (including phenoxy) is 2. The molecule has 0 N–H and O–H groups in total. The van der Waals surface area contributed by atoms with Crippen molar-refractivity contribution >= 4 is 17.6 Å². The Bertz CT molecular complexity index is 722. The second-order valence-corrected chi connectivity index (χ2v) is 6.56. The molecule has 126 valence electrons. The summed E-state index contributed by atoms with van der Waals surface area (Å²) in [4.78, 5) is 25.8. The van der Waals surface area contributed by atoms with Crippen LogP contribution in [-0.2, 0) is 19.1 Å². The van der Waals surface area contributed by atoms with Gasteiger partial charge in [-0.25, -0.2) is 14.6 Å². The second-order valence-electron chi connectivity index (χ2n) is 6.56. The van der Waals surface area contributed by atoms with Gasteiger partial charge >= 0.3 is 11.9 Å². The minimum absolute atomic E-state index is 0.0516. The summed E-state index contributed by atoms with van der Waals surface area (Å²) in [5, 5.41) is 10.2. The van der Waals surface area contributed by atoms with E-state index in [0.717, 1.165) is 19.3 Å². The monoisotopic (exact) mass is 329 g/mol. The standard InChI is InChI=1S/C17H19N3O4/c1-23-14(21)16-11-8-9-12(10-11)17(16,15(22)24-2)20(19-18-16)13-6-4-3-5-7-13/h3-7,11-12H,8-10H2,1-2H3/t11-,12-,16-,17+/m0/s1. The number of para-hydroxylation sites is 1. The van der Waals surface area contributed by atoms with Crippen molar-refractivity contribution in [3.63, 3.8) is 0 Å². The van der Waals surface area contributed by atoms with Gasteiger partial charge < -0.3 is 9.47 Å². The van der Waals surface area contributed by atoms with Crippen molar-refractivity contribution in [3.05, 3.63) is 30.3 Å². The average Bonchev–Trinajstić information content (AvgIpc) is 3.31. The molecule has 0 unspecified atom stereocenters. The van der Waals surface area contributed by atoms with E-state index in [2.05, 4.69) is 10.3 Å². The Hall–Kier alpha value is -2.44. The van der Waals surface area contributed by atoms with Crippen LogP contribution in [0.15, 0.2) is 40.7 Å². The van der Waals surface area contributed by atoms with E-state index in [1.807, 2.05) is 30.3 Å². The fourth-order valence-corrected chi connectivity index (χ4v) is 4.95. The van der Waals surface area contributed by atoms with Gasteiger partial charge in [-0.2, -0.15) is 0 Å². The predicted molar refractivity (Wildman–Crippen MR) is 84.1 cm³/mol. The first kappa shape index (κ1) is 15.1. The molecule has 4 rings (SSSR count). The van der Waals surface area contributed by atoms with Crippen LogP contribution in [0.2, 0.25) is 0 Å². The first-order valence-corrected chi connectivity index (χ1v) is 8.07. The van der Waals surface area contributed by atoms with Gasteiger partial charge in [0.05, 0.1) is 19.9 Å². The maximum Gasteiger partial charge on any atom is 0.339 e. The molecule has 2 aliphatic carbocycles. The van der Waals surface area contributed by atoms with Crippen LogP contribution in [0.25, 0.3) is 0 Å². The zero-order valence-corrected chi connectivity index (χ0v) is 13.6. The molecule has 7 heteroatoms. The predicted octanol–water partition coefficient (Wildman–Crippen LogP) is 2.13. The van der Waals surface area contributed by atoms with E-state index >= 15 is 0 Å². The van der Waals surface area contributed by atoms with Crippen molar-refractivity contribution in [3.8, 4) is 0 Å². The highest BCUT2D eigenvalue weighted by Crippen LogP contribution is 2.65. The van der Waals surface area contributed by atoms with Crippen LogP contribution in [0.5, 0.6) is 0 Å². The van der Waals surface area contributed by atoms with Crippen molar-refractivity contribution < 1.29 is 19.1 Å². The topological polar surface area (TPSA) is 80.6 Å². The summed E-state index contributed by atoms with van der Waals surface area (Å²) in [7, 11) is 2.67. The molecule has 24 heavy (non-hydrogen) atoms. The number of hydrogen-bond acceptors (Lipinski definition) is 7.